The molecule has 1 aliphatic carbocycles. The molecule has 2 aliphatic rings. The van der Waals surface area contributed by atoms with Crippen LogP contribution in [0.5, 0.6) is 0 Å². The number of hydrogen-bond donors (Lipinski definition) is 2. The molecule has 2 atom stereocenters. The second-order valence-electron chi connectivity index (χ2n) is 8.27. The number of likely N-dealkylation sites (tertiary alicyclic amines) is 1. The van der Waals surface area contributed by atoms with Crippen molar-refractivity contribution in [1.29, 1.82) is 0 Å². The third kappa shape index (κ3) is 3.50. The first-order valence-corrected chi connectivity index (χ1v) is 9.89. The van der Waals surface area contributed by atoms with Crippen molar-refractivity contribution in [3.8, 4) is 0 Å². The van der Waals surface area contributed by atoms with Crippen LogP contribution in [0.3, 0.4) is 0 Å². The topological polar surface area (TPSA) is 88.5 Å². The van der Waals surface area contributed by atoms with Gasteiger partial charge in [0.05, 0.1) is 6.04 Å². The zero-order chi connectivity index (χ0) is 18.4. The zero-order valence-corrected chi connectivity index (χ0v) is 16.2. The highest BCUT2D eigenvalue weighted by molar-refractivity contribution is 7.90. The number of carboxylic acid groups (broad SMARTS) is 1. The third-order valence-corrected chi connectivity index (χ3v) is 7.00. The lowest BCUT2D eigenvalue weighted by Gasteiger charge is -2.43. The Balaban J connectivity index is 1.91. The maximum absolute atomic E-state index is 12.8. The van der Waals surface area contributed by atoms with Gasteiger partial charge in [0, 0.05) is 41.8 Å². The minimum atomic E-state index is -1.19. The first-order chi connectivity index (χ1) is 11.6. The van der Waals surface area contributed by atoms with Gasteiger partial charge in [-0.1, -0.05) is 0 Å². The average Bonchev–Trinajstić information content (AvgIpc) is 2.80. The Bertz CT molecular complexity index is 666. The summed E-state index contributed by atoms with van der Waals surface area (Å²) in [7, 11) is 0. The molecule has 1 saturated heterocycles. The molecule has 1 aliphatic heterocycles. The van der Waals surface area contributed by atoms with Crippen LogP contribution in [0.2, 0.25) is 0 Å². The fourth-order valence-corrected chi connectivity index (χ4v) is 4.86. The maximum Gasteiger partial charge on any atom is 0.407 e. The van der Waals surface area contributed by atoms with E-state index in [0.717, 1.165) is 25.0 Å². The van der Waals surface area contributed by atoms with Crippen LogP contribution in [0.25, 0.3) is 0 Å². The zero-order valence-electron chi connectivity index (χ0n) is 15.3. The summed E-state index contributed by atoms with van der Waals surface area (Å²) in [5, 5.41) is 9.25. The highest BCUT2D eigenvalue weighted by atomic mass is 32.2. The number of nitrogens with one attached hydrogen (secondary N) is 1. The maximum atomic E-state index is 12.8. The molecule has 1 fully saturated rings. The van der Waals surface area contributed by atoms with Crippen molar-refractivity contribution in [2.45, 2.75) is 57.7 Å². The minimum absolute atomic E-state index is 0.0276. The Labute approximate surface area is 152 Å². The Morgan fingerprint density at radius 3 is 2.64 bits per heavy atom. The highest BCUT2D eigenvalue weighted by Crippen LogP contribution is 2.52. The number of nitrogens with zero attached hydrogens (tertiary/aromatic N) is 2. The van der Waals surface area contributed by atoms with Crippen molar-refractivity contribution in [3.05, 3.63) is 29.1 Å². The van der Waals surface area contributed by atoms with Crippen molar-refractivity contribution in [3.63, 3.8) is 0 Å². The van der Waals surface area contributed by atoms with E-state index in [9.17, 15) is 14.5 Å². The lowest BCUT2D eigenvalue weighted by atomic mass is 9.73. The number of hydrogen-bond acceptors (Lipinski definition) is 4. The van der Waals surface area contributed by atoms with Gasteiger partial charge < -0.3 is 14.6 Å². The molecule has 0 saturated carbocycles. The molecule has 0 aromatic carbocycles. The number of pyridine rings is 1. The van der Waals surface area contributed by atoms with Crippen molar-refractivity contribution in [2.24, 2.45) is 5.41 Å². The molecule has 0 radical (unpaired) electrons. The van der Waals surface area contributed by atoms with Crippen molar-refractivity contribution in [1.82, 2.24) is 14.6 Å². The quantitative estimate of drug-likeness (QED) is 0.787. The van der Waals surface area contributed by atoms with Crippen molar-refractivity contribution >= 4 is 17.5 Å². The van der Waals surface area contributed by atoms with E-state index in [1.165, 1.54) is 16.0 Å². The first kappa shape index (κ1) is 18.5. The largest absolute Gasteiger partial charge is 0.598 e. The molecule has 25 heavy (non-hydrogen) atoms. The summed E-state index contributed by atoms with van der Waals surface area (Å²) in [6, 6.07) is 2.06. The van der Waals surface area contributed by atoms with Gasteiger partial charge in [0.2, 0.25) is 0 Å². The van der Waals surface area contributed by atoms with E-state index in [-0.39, 0.29) is 16.2 Å². The molecular formula is C18H27N3O3S. The summed E-state index contributed by atoms with van der Waals surface area (Å²) in [5.41, 5.74) is 3.23. The van der Waals surface area contributed by atoms with Gasteiger partial charge >= 0.3 is 6.09 Å². The monoisotopic (exact) mass is 365 g/mol. The molecule has 2 heterocycles. The van der Waals surface area contributed by atoms with E-state index in [1.54, 1.807) is 0 Å². The number of piperidine rings is 1. The molecule has 1 amide bonds. The summed E-state index contributed by atoms with van der Waals surface area (Å²) in [6.45, 7) is 8.90. The molecule has 2 N–H and O–H groups in total. The second-order valence-corrected chi connectivity index (χ2v) is 10.3. The van der Waals surface area contributed by atoms with Gasteiger partial charge in [0.25, 0.3) is 0 Å². The minimum Gasteiger partial charge on any atom is -0.598 e. The summed E-state index contributed by atoms with van der Waals surface area (Å²) < 4.78 is 15.8. The van der Waals surface area contributed by atoms with Crippen LogP contribution in [0.4, 0.5) is 4.79 Å². The smallest absolute Gasteiger partial charge is 0.407 e. The van der Waals surface area contributed by atoms with Crippen LogP contribution >= 0.6 is 0 Å². The summed E-state index contributed by atoms with van der Waals surface area (Å²) >= 11 is -1.19. The highest BCUT2D eigenvalue weighted by Gasteiger charge is 2.51. The second kappa shape index (κ2) is 6.45. The Morgan fingerprint density at radius 2 is 2.08 bits per heavy atom. The van der Waals surface area contributed by atoms with Crippen molar-refractivity contribution < 1.29 is 14.5 Å². The van der Waals surface area contributed by atoms with Gasteiger partial charge in [0.15, 0.2) is 0 Å². The SMILES string of the molecule is Cc1cc2c(cn1)CC1(CCN(C(=O)O)CC1)[C@@H]2N[S@+]([O-])C(C)(C)C. The van der Waals surface area contributed by atoms with Crippen LogP contribution in [-0.4, -0.2) is 43.5 Å². The van der Waals surface area contributed by atoms with E-state index in [2.05, 4.69) is 15.8 Å². The van der Waals surface area contributed by atoms with Crippen LogP contribution in [-0.2, 0) is 17.8 Å². The van der Waals surface area contributed by atoms with Crippen LogP contribution < -0.4 is 4.72 Å². The Hall–Kier alpha value is -1.31. The van der Waals surface area contributed by atoms with Crippen LogP contribution in [0.1, 0.15) is 56.5 Å². The van der Waals surface area contributed by atoms with Crippen LogP contribution in [0, 0.1) is 12.3 Å². The number of carbonyl (C=O) groups is 1. The van der Waals surface area contributed by atoms with Crippen LogP contribution in [0.15, 0.2) is 12.3 Å². The van der Waals surface area contributed by atoms with Gasteiger partial charge in [-0.05, 0) is 64.2 Å². The molecule has 1 aromatic rings. The normalized spacial score (nSPS) is 23.6. The molecule has 7 heteroatoms. The fraction of sp³-hybridized carbons (Fsp3) is 0.667. The molecule has 0 bridgehead atoms. The Kier molecular flexibility index (Phi) is 4.77. The summed E-state index contributed by atoms with van der Waals surface area (Å²) in [6.07, 6.45) is 3.48. The lowest BCUT2D eigenvalue weighted by molar-refractivity contribution is 0.0764. The van der Waals surface area contributed by atoms with Gasteiger partial charge in [-0.3, -0.25) is 4.98 Å². The van der Waals surface area contributed by atoms with Gasteiger partial charge in [0.1, 0.15) is 4.75 Å². The molecule has 138 valence electrons. The number of aryl methyl sites for hydroxylation is 1. The van der Waals surface area contributed by atoms with Crippen molar-refractivity contribution in [2.75, 3.05) is 13.1 Å². The standard InChI is InChI=1S/C18H27N3O3S/c1-12-9-14-13(11-19-12)10-18(5-7-21(8-6-18)16(22)23)15(14)20-25(24)17(2,3)4/h9,11,15,20H,5-8,10H2,1-4H3,(H,22,23)/t15-,25-/m1/s1. The predicted octanol–water partition coefficient (Wildman–Crippen LogP) is 2.80. The molecule has 0 unspecified atom stereocenters. The van der Waals surface area contributed by atoms with E-state index >= 15 is 0 Å². The number of aromatic nitrogens is 1. The first-order valence-electron chi connectivity index (χ1n) is 8.74. The van der Waals surface area contributed by atoms with Gasteiger partial charge in [-0.2, -0.15) is 0 Å². The fourth-order valence-electron chi connectivity index (χ4n) is 3.92. The van der Waals surface area contributed by atoms with E-state index in [4.69, 9.17) is 0 Å². The van der Waals surface area contributed by atoms with E-state index in [0.29, 0.717) is 13.1 Å². The summed E-state index contributed by atoms with van der Waals surface area (Å²) in [4.78, 5) is 17.2. The molecule has 1 aromatic heterocycles. The van der Waals surface area contributed by atoms with E-state index < -0.39 is 17.5 Å². The molecule has 3 rings (SSSR count). The average molecular weight is 365 g/mol. The lowest BCUT2D eigenvalue weighted by Crippen LogP contribution is -2.50. The Morgan fingerprint density at radius 1 is 1.44 bits per heavy atom. The predicted molar refractivity (Wildman–Crippen MR) is 97.7 cm³/mol. The number of amides is 1. The van der Waals surface area contributed by atoms with E-state index in [1.807, 2.05) is 33.9 Å². The number of fused-ring (bicyclic) bond motifs is 1. The summed E-state index contributed by atoms with van der Waals surface area (Å²) in [5.74, 6) is 0. The number of rotatable bonds is 2. The molecule has 6 nitrogen and oxygen atoms in total. The van der Waals surface area contributed by atoms with Gasteiger partial charge in [-0.15, -0.1) is 4.72 Å². The molecule has 1 spiro atoms. The molecular weight excluding hydrogens is 338 g/mol. The van der Waals surface area contributed by atoms with Gasteiger partial charge in [-0.25, -0.2) is 4.79 Å². The third-order valence-electron chi connectivity index (χ3n) is 5.44.